The lowest BCUT2D eigenvalue weighted by atomic mass is 9.95. The van der Waals surface area contributed by atoms with E-state index in [1.165, 1.54) is 0 Å². The first-order valence-corrected chi connectivity index (χ1v) is 6.31. The summed E-state index contributed by atoms with van der Waals surface area (Å²) in [4.78, 5) is 0. The van der Waals surface area contributed by atoms with Crippen LogP contribution >= 0.6 is 0 Å². The molecule has 0 amide bonds. The summed E-state index contributed by atoms with van der Waals surface area (Å²) in [6.07, 6.45) is 4.10. The van der Waals surface area contributed by atoms with E-state index in [2.05, 4.69) is 13.2 Å². The van der Waals surface area contributed by atoms with Gasteiger partial charge in [-0.25, -0.2) is 0 Å². The van der Waals surface area contributed by atoms with Crippen molar-refractivity contribution in [3.63, 3.8) is 0 Å². The number of aromatic hydroxyl groups is 1. The topological polar surface area (TPSA) is 72.3 Å². The fourth-order valence-electron chi connectivity index (χ4n) is 2.28. The van der Waals surface area contributed by atoms with Crippen molar-refractivity contribution in [1.29, 1.82) is 0 Å². The molecule has 0 fully saturated rings. The molecule has 0 saturated carbocycles. The predicted molar refractivity (Wildman–Crippen MR) is 86.4 cm³/mol. The Bertz CT molecular complexity index is 652. The number of phenols is 1. The van der Waals surface area contributed by atoms with Crippen LogP contribution in [0.15, 0.2) is 49.6 Å². The molecule has 0 atom stereocenters. The number of phenolic OH excluding ortho intramolecular Hbond substituents is 1. The van der Waals surface area contributed by atoms with Gasteiger partial charge in [0.25, 0.3) is 0 Å². The smallest absolute Gasteiger partial charge is 0.115 e. The summed E-state index contributed by atoms with van der Waals surface area (Å²) in [7, 11) is 0. The highest BCUT2D eigenvalue weighted by Gasteiger charge is 2.09. The highest BCUT2D eigenvalue weighted by molar-refractivity contribution is 5.83. The number of hydrogen-bond donors (Lipinski definition) is 3. The molecular weight excluding hydrogens is 248 g/mol. The van der Waals surface area contributed by atoms with Crippen LogP contribution in [-0.4, -0.2) is 5.11 Å². The van der Waals surface area contributed by atoms with Gasteiger partial charge in [0.05, 0.1) is 0 Å². The van der Waals surface area contributed by atoms with E-state index in [4.69, 9.17) is 11.5 Å². The van der Waals surface area contributed by atoms with E-state index in [1.807, 2.05) is 18.2 Å². The molecule has 0 radical (unpaired) electrons. The van der Waals surface area contributed by atoms with Crippen LogP contribution < -0.4 is 11.5 Å². The van der Waals surface area contributed by atoms with Gasteiger partial charge in [0.2, 0.25) is 0 Å². The van der Waals surface area contributed by atoms with Gasteiger partial charge >= 0.3 is 0 Å². The lowest BCUT2D eigenvalue weighted by molar-refractivity contribution is 0.475. The van der Waals surface area contributed by atoms with Crippen LogP contribution in [0.1, 0.15) is 11.1 Å². The lowest BCUT2D eigenvalue weighted by Gasteiger charge is -2.13. The minimum Gasteiger partial charge on any atom is -0.508 e. The molecule has 2 aromatic carbocycles. The fraction of sp³-hybridized carbons (Fsp3) is 0.0588. The molecular formula is C17H18N2O. The Morgan fingerprint density at radius 3 is 2.25 bits per heavy atom. The normalized spacial score (nSPS) is 10.2. The molecule has 5 N–H and O–H groups in total. The monoisotopic (exact) mass is 266 g/mol. The van der Waals surface area contributed by atoms with Crippen molar-refractivity contribution in [3.05, 3.63) is 60.7 Å². The Hall–Kier alpha value is -2.68. The summed E-state index contributed by atoms with van der Waals surface area (Å²) in [5, 5.41) is 9.61. The molecule has 0 spiro atoms. The van der Waals surface area contributed by atoms with Crippen molar-refractivity contribution < 1.29 is 5.11 Å². The first-order chi connectivity index (χ1) is 9.56. The van der Waals surface area contributed by atoms with E-state index < -0.39 is 0 Å². The molecule has 0 heterocycles. The number of nitrogens with two attached hydrogens (primary N) is 2. The SMILES string of the molecule is C=CCc1cc(O)ccc1-c1cc(N)c(C=C)c(N)c1. The molecule has 3 heteroatoms. The number of nitrogen functional groups attached to an aromatic ring is 2. The summed E-state index contributed by atoms with van der Waals surface area (Å²) in [5.74, 6) is 0.231. The second kappa shape index (κ2) is 5.53. The minimum atomic E-state index is 0.231. The third kappa shape index (κ3) is 2.52. The molecule has 2 aromatic rings. The number of hydrogen-bond acceptors (Lipinski definition) is 3. The van der Waals surface area contributed by atoms with Gasteiger partial charge in [0.15, 0.2) is 0 Å². The van der Waals surface area contributed by atoms with Crippen molar-refractivity contribution in [2.45, 2.75) is 6.42 Å². The average molecular weight is 266 g/mol. The van der Waals surface area contributed by atoms with E-state index in [1.54, 1.807) is 24.3 Å². The molecule has 0 saturated heterocycles. The van der Waals surface area contributed by atoms with E-state index >= 15 is 0 Å². The maximum atomic E-state index is 9.61. The largest absolute Gasteiger partial charge is 0.508 e. The van der Waals surface area contributed by atoms with Crippen LogP contribution in [0, 0.1) is 0 Å². The molecule has 0 aromatic heterocycles. The van der Waals surface area contributed by atoms with E-state index in [9.17, 15) is 5.11 Å². The maximum Gasteiger partial charge on any atom is 0.115 e. The van der Waals surface area contributed by atoms with Gasteiger partial charge in [0, 0.05) is 16.9 Å². The van der Waals surface area contributed by atoms with E-state index in [0.29, 0.717) is 17.8 Å². The average Bonchev–Trinajstić information content (AvgIpc) is 2.39. The first-order valence-electron chi connectivity index (χ1n) is 6.31. The predicted octanol–water partition coefficient (Wildman–Crippen LogP) is 3.60. The van der Waals surface area contributed by atoms with Gasteiger partial charge in [-0.15, -0.1) is 6.58 Å². The molecule has 0 aliphatic rings. The standard InChI is InChI=1S/C17H18N2O/c1-3-5-11-8-13(20)6-7-15(11)12-9-16(18)14(4-2)17(19)10-12/h3-4,6-10,20H,1-2,5,18-19H2. The van der Waals surface area contributed by atoms with Gasteiger partial charge in [-0.1, -0.05) is 24.8 Å². The molecule has 0 unspecified atom stereocenters. The molecule has 0 aliphatic carbocycles. The Kier molecular flexibility index (Phi) is 3.80. The number of benzene rings is 2. The van der Waals surface area contributed by atoms with Crippen LogP contribution in [0.5, 0.6) is 5.75 Å². The fourth-order valence-corrected chi connectivity index (χ4v) is 2.28. The Morgan fingerprint density at radius 2 is 1.70 bits per heavy atom. The third-order valence-electron chi connectivity index (χ3n) is 3.21. The van der Waals surface area contributed by atoms with Crippen LogP contribution in [0.2, 0.25) is 0 Å². The molecule has 0 aliphatic heterocycles. The maximum absolute atomic E-state index is 9.61. The van der Waals surface area contributed by atoms with Crippen molar-refractivity contribution >= 4 is 17.5 Å². The summed E-state index contributed by atoms with van der Waals surface area (Å²) in [6.45, 7) is 7.45. The molecule has 2 rings (SSSR count). The van der Waals surface area contributed by atoms with Crippen LogP contribution in [-0.2, 0) is 6.42 Å². The number of rotatable bonds is 4. The summed E-state index contributed by atoms with van der Waals surface area (Å²) >= 11 is 0. The van der Waals surface area contributed by atoms with E-state index in [0.717, 1.165) is 22.3 Å². The Balaban J connectivity index is 2.62. The minimum absolute atomic E-state index is 0.231. The van der Waals surface area contributed by atoms with Crippen molar-refractivity contribution in [2.75, 3.05) is 11.5 Å². The van der Waals surface area contributed by atoms with Gasteiger partial charge in [-0.3, -0.25) is 0 Å². The number of allylic oxidation sites excluding steroid dienone is 1. The second-order valence-electron chi connectivity index (χ2n) is 4.61. The molecule has 20 heavy (non-hydrogen) atoms. The van der Waals surface area contributed by atoms with Crippen LogP contribution in [0.4, 0.5) is 11.4 Å². The molecule has 0 bridgehead atoms. The van der Waals surface area contributed by atoms with Gasteiger partial charge < -0.3 is 16.6 Å². The van der Waals surface area contributed by atoms with Gasteiger partial charge in [-0.2, -0.15) is 0 Å². The lowest BCUT2D eigenvalue weighted by Crippen LogP contribution is -1.98. The van der Waals surface area contributed by atoms with Crippen molar-refractivity contribution in [1.82, 2.24) is 0 Å². The second-order valence-corrected chi connectivity index (χ2v) is 4.61. The number of anilines is 2. The van der Waals surface area contributed by atoms with Crippen molar-refractivity contribution in [3.8, 4) is 16.9 Å². The third-order valence-corrected chi connectivity index (χ3v) is 3.21. The van der Waals surface area contributed by atoms with Gasteiger partial charge in [-0.05, 0) is 47.4 Å². The summed E-state index contributed by atoms with van der Waals surface area (Å²) in [5.41, 5.74) is 16.8. The zero-order valence-electron chi connectivity index (χ0n) is 11.3. The first kappa shape index (κ1) is 13.7. The zero-order valence-corrected chi connectivity index (χ0v) is 11.3. The van der Waals surface area contributed by atoms with Gasteiger partial charge in [0.1, 0.15) is 5.75 Å². The highest BCUT2D eigenvalue weighted by atomic mass is 16.3. The molecule has 3 nitrogen and oxygen atoms in total. The Morgan fingerprint density at radius 1 is 1.05 bits per heavy atom. The molecule has 102 valence electrons. The summed E-state index contributed by atoms with van der Waals surface area (Å²) < 4.78 is 0. The zero-order chi connectivity index (χ0) is 14.7. The highest BCUT2D eigenvalue weighted by Crippen LogP contribution is 2.33. The van der Waals surface area contributed by atoms with Crippen molar-refractivity contribution in [2.24, 2.45) is 0 Å². The van der Waals surface area contributed by atoms with Crippen LogP contribution in [0.25, 0.3) is 17.2 Å². The summed E-state index contributed by atoms with van der Waals surface area (Å²) in [6, 6.07) is 8.97. The quantitative estimate of drug-likeness (QED) is 0.585. The van der Waals surface area contributed by atoms with E-state index in [-0.39, 0.29) is 5.75 Å². The van der Waals surface area contributed by atoms with Crippen LogP contribution in [0.3, 0.4) is 0 Å². The Labute approximate surface area is 118 Å².